The Morgan fingerprint density at radius 2 is 2.18 bits per heavy atom. The molecule has 0 aromatic carbocycles. The lowest BCUT2D eigenvalue weighted by molar-refractivity contribution is -0.186. The summed E-state index contributed by atoms with van der Waals surface area (Å²) in [6, 6.07) is 2.18. The van der Waals surface area contributed by atoms with Crippen LogP contribution in [-0.4, -0.2) is 23.6 Å². The van der Waals surface area contributed by atoms with E-state index in [0.717, 1.165) is 12.8 Å². The van der Waals surface area contributed by atoms with Crippen molar-refractivity contribution in [2.75, 3.05) is 0 Å². The van der Waals surface area contributed by atoms with Crippen molar-refractivity contribution in [1.29, 1.82) is 5.26 Å². The highest BCUT2D eigenvalue weighted by atomic mass is 16.6. The molecular formula is C17H23NO4. The fourth-order valence-corrected chi connectivity index (χ4v) is 4.22. The first kappa shape index (κ1) is 15.3. The molecule has 4 fully saturated rings. The van der Waals surface area contributed by atoms with Crippen molar-refractivity contribution < 1.29 is 19.1 Å². The third-order valence-electron chi connectivity index (χ3n) is 5.74. The zero-order valence-electron chi connectivity index (χ0n) is 13.5. The van der Waals surface area contributed by atoms with E-state index in [1.165, 1.54) is 0 Å². The van der Waals surface area contributed by atoms with Gasteiger partial charge in [-0.3, -0.25) is 9.59 Å². The minimum absolute atomic E-state index is 0.219. The molecule has 5 heteroatoms. The second-order valence-electron chi connectivity index (χ2n) is 7.92. The van der Waals surface area contributed by atoms with Gasteiger partial charge in [-0.1, -0.05) is 6.92 Å². The highest BCUT2D eigenvalue weighted by Gasteiger charge is 2.62. The van der Waals surface area contributed by atoms with Gasteiger partial charge < -0.3 is 9.47 Å². The molecule has 2 aliphatic heterocycles. The van der Waals surface area contributed by atoms with Crippen LogP contribution in [0.3, 0.4) is 0 Å². The topological polar surface area (TPSA) is 76.4 Å². The number of ether oxygens (including phenoxy) is 2. The molecule has 4 aliphatic rings. The van der Waals surface area contributed by atoms with Crippen molar-refractivity contribution in [3.63, 3.8) is 0 Å². The molecule has 2 saturated carbocycles. The molecule has 2 heterocycles. The number of carbonyl (C=O) groups is 2. The maximum Gasteiger partial charge on any atom is 0.326 e. The molecule has 2 aliphatic carbocycles. The van der Waals surface area contributed by atoms with Crippen LogP contribution in [0.25, 0.3) is 0 Å². The molecule has 22 heavy (non-hydrogen) atoms. The third-order valence-corrected chi connectivity index (χ3v) is 5.74. The monoisotopic (exact) mass is 305 g/mol. The molecule has 5 nitrogen and oxygen atoms in total. The molecule has 4 atom stereocenters. The van der Waals surface area contributed by atoms with Crippen LogP contribution in [0.1, 0.15) is 59.3 Å². The standard InChI is InChI=1S/C17H23NO4/c1-4-15(2,3)13(19)22-17-7-11-5-12(8-17)21-14(20)16(6-11,9-17)10-18/h11-12H,4-9H2,1-3H3. The summed E-state index contributed by atoms with van der Waals surface area (Å²) in [6.07, 6.45) is 3.35. The summed E-state index contributed by atoms with van der Waals surface area (Å²) in [5, 5.41) is 9.59. The number of nitriles is 1. The van der Waals surface area contributed by atoms with Gasteiger partial charge in [0.25, 0.3) is 0 Å². The zero-order valence-corrected chi connectivity index (χ0v) is 13.5. The van der Waals surface area contributed by atoms with Crippen LogP contribution in [-0.2, 0) is 19.1 Å². The van der Waals surface area contributed by atoms with Crippen LogP contribution in [0.2, 0.25) is 0 Å². The third kappa shape index (κ3) is 2.20. The van der Waals surface area contributed by atoms with E-state index in [1.54, 1.807) is 0 Å². The number of fused-ring (bicyclic) bond motifs is 1. The number of nitrogens with zero attached hydrogens (tertiary/aromatic N) is 1. The van der Waals surface area contributed by atoms with Crippen LogP contribution in [0.15, 0.2) is 0 Å². The Hall–Kier alpha value is -1.57. The average Bonchev–Trinajstić information content (AvgIpc) is 2.58. The van der Waals surface area contributed by atoms with E-state index in [2.05, 4.69) is 6.07 Å². The minimum atomic E-state index is -1.13. The van der Waals surface area contributed by atoms with Crippen molar-refractivity contribution in [2.45, 2.75) is 71.0 Å². The molecule has 0 radical (unpaired) electrons. The van der Waals surface area contributed by atoms with E-state index >= 15 is 0 Å². The van der Waals surface area contributed by atoms with E-state index in [0.29, 0.717) is 19.3 Å². The normalized spacial score (nSPS) is 39.8. The van der Waals surface area contributed by atoms with Gasteiger partial charge in [-0.05, 0) is 45.4 Å². The van der Waals surface area contributed by atoms with Gasteiger partial charge in [-0.15, -0.1) is 0 Å². The quantitative estimate of drug-likeness (QED) is 0.749. The van der Waals surface area contributed by atoms with Gasteiger partial charge in [-0.2, -0.15) is 5.26 Å². The first-order valence-electron chi connectivity index (χ1n) is 8.10. The average molecular weight is 305 g/mol. The molecule has 4 unspecified atom stereocenters. The van der Waals surface area contributed by atoms with Crippen molar-refractivity contribution in [1.82, 2.24) is 0 Å². The summed E-state index contributed by atoms with van der Waals surface area (Å²) in [4.78, 5) is 24.8. The van der Waals surface area contributed by atoms with E-state index in [9.17, 15) is 14.9 Å². The maximum absolute atomic E-state index is 12.5. The lowest BCUT2D eigenvalue weighted by atomic mass is 9.59. The molecule has 2 saturated heterocycles. The van der Waals surface area contributed by atoms with E-state index in [-0.39, 0.29) is 24.4 Å². The highest BCUT2D eigenvalue weighted by Crippen LogP contribution is 2.56. The Morgan fingerprint density at radius 1 is 1.45 bits per heavy atom. The van der Waals surface area contributed by atoms with Gasteiger partial charge in [0.05, 0.1) is 11.5 Å². The van der Waals surface area contributed by atoms with Crippen LogP contribution in [0, 0.1) is 28.1 Å². The van der Waals surface area contributed by atoms with Crippen LogP contribution < -0.4 is 0 Å². The summed E-state index contributed by atoms with van der Waals surface area (Å²) >= 11 is 0. The number of hydrogen-bond acceptors (Lipinski definition) is 5. The van der Waals surface area contributed by atoms with Crippen molar-refractivity contribution in [2.24, 2.45) is 16.7 Å². The lowest BCUT2D eigenvalue weighted by Gasteiger charge is -2.48. The number of esters is 2. The number of rotatable bonds is 3. The predicted molar refractivity (Wildman–Crippen MR) is 77.4 cm³/mol. The minimum Gasteiger partial charge on any atom is -0.461 e. The first-order valence-corrected chi connectivity index (χ1v) is 8.10. The van der Waals surface area contributed by atoms with Gasteiger partial charge in [0.2, 0.25) is 0 Å². The lowest BCUT2D eigenvalue weighted by Crippen LogP contribution is -2.52. The van der Waals surface area contributed by atoms with E-state index in [4.69, 9.17) is 9.47 Å². The van der Waals surface area contributed by atoms with E-state index < -0.39 is 22.4 Å². The SMILES string of the molecule is CCC(C)(C)C(=O)OC12CC3CC(C1)OC(=O)C(C#N)(C3)C2. The molecule has 0 aromatic heterocycles. The van der Waals surface area contributed by atoms with E-state index in [1.807, 2.05) is 20.8 Å². The van der Waals surface area contributed by atoms with Gasteiger partial charge in [0, 0.05) is 12.8 Å². The van der Waals surface area contributed by atoms with Crippen molar-refractivity contribution in [3.8, 4) is 6.07 Å². The summed E-state index contributed by atoms with van der Waals surface area (Å²) in [5.41, 5.74) is -2.40. The first-order chi connectivity index (χ1) is 10.2. The van der Waals surface area contributed by atoms with Gasteiger partial charge in [0.1, 0.15) is 11.7 Å². The molecule has 0 amide bonds. The molecule has 120 valence electrons. The fraction of sp³-hybridized carbons (Fsp3) is 0.824. The Morgan fingerprint density at radius 3 is 2.82 bits per heavy atom. The smallest absolute Gasteiger partial charge is 0.326 e. The van der Waals surface area contributed by atoms with Crippen LogP contribution >= 0.6 is 0 Å². The fourth-order valence-electron chi connectivity index (χ4n) is 4.22. The predicted octanol–water partition coefficient (Wildman–Crippen LogP) is 2.73. The maximum atomic E-state index is 12.5. The number of hydrogen-bond donors (Lipinski definition) is 0. The zero-order chi connectivity index (χ0) is 16.2. The largest absolute Gasteiger partial charge is 0.461 e. The van der Waals surface area contributed by atoms with Gasteiger partial charge in [-0.25, -0.2) is 0 Å². The molecule has 4 rings (SSSR count). The molecule has 0 N–H and O–H groups in total. The summed E-state index contributed by atoms with van der Waals surface area (Å²) in [6.45, 7) is 5.69. The summed E-state index contributed by atoms with van der Waals surface area (Å²) < 4.78 is 11.4. The van der Waals surface area contributed by atoms with Crippen LogP contribution in [0.5, 0.6) is 0 Å². The van der Waals surface area contributed by atoms with Gasteiger partial charge >= 0.3 is 11.9 Å². The molecule has 0 aromatic rings. The van der Waals surface area contributed by atoms with Crippen molar-refractivity contribution in [3.05, 3.63) is 0 Å². The Bertz CT molecular complexity index is 563. The Kier molecular flexibility index (Phi) is 3.28. The molecule has 0 spiro atoms. The van der Waals surface area contributed by atoms with Crippen LogP contribution in [0.4, 0.5) is 0 Å². The van der Waals surface area contributed by atoms with Gasteiger partial charge in [0.15, 0.2) is 5.41 Å². The molecular weight excluding hydrogens is 282 g/mol. The van der Waals surface area contributed by atoms with Crippen molar-refractivity contribution >= 4 is 11.9 Å². The second kappa shape index (κ2) is 4.71. The summed E-state index contributed by atoms with van der Waals surface area (Å²) in [7, 11) is 0. The highest BCUT2D eigenvalue weighted by molar-refractivity contribution is 5.82. The Labute approximate surface area is 131 Å². The second-order valence-corrected chi connectivity index (χ2v) is 7.92. The Balaban J connectivity index is 1.93. The number of carbonyl (C=O) groups excluding carboxylic acids is 2. The summed E-state index contributed by atoms with van der Waals surface area (Å²) in [5.74, 6) is -0.441. The molecule has 4 bridgehead atoms.